The van der Waals surface area contributed by atoms with Crippen LogP contribution in [0.2, 0.25) is 0 Å². The molecule has 134 valence electrons. The van der Waals surface area contributed by atoms with Gasteiger partial charge in [-0.2, -0.15) is 13.2 Å². The topological polar surface area (TPSA) is 76.9 Å². The molecule has 1 aromatic carbocycles. The zero-order chi connectivity index (χ0) is 18.7. The number of anilines is 1. The fourth-order valence-corrected chi connectivity index (χ4v) is 2.68. The number of carbonyl (C=O) groups excluding carboxylic acids is 1. The highest BCUT2D eigenvalue weighted by Crippen LogP contribution is 2.30. The maximum absolute atomic E-state index is 12.6. The Morgan fingerprint density at radius 3 is 2.50 bits per heavy atom. The maximum Gasteiger partial charge on any atom is 0.416 e. The molecule has 2 aromatic heterocycles. The summed E-state index contributed by atoms with van der Waals surface area (Å²) in [7, 11) is 0. The predicted octanol–water partition coefficient (Wildman–Crippen LogP) is 3.02. The molecule has 0 saturated heterocycles. The van der Waals surface area contributed by atoms with Crippen molar-refractivity contribution in [3.8, 4) is 11.3 Å². The standard InChI is InChI=1S/C16H11F3N4O2S/c17-16(18,19)11-3-1-10(2-4-11)12-7-14(25)23(9-21-12)8-13(24)22-15-20-5-6-26-15/h1-7,9H,8H2,(H,20,22,24). The SMILES string of the molecule is O=C(Cn1cnc(-c2ccc(C(F)(F)F)cc2)cc1=O)Nc1nccs1. The van der Waals surface area contributed by atoms with Gasteiger partial charge in [-0.1, -0.05) is 12.1 Å². The lowest BCUT2D eigenvalue weighted by Crippen LogP contribution is -2.27. The Bertz CT molecular complexity index is 966. The van der Waals surface area contributed by atoms with Gasteiger partial charge in [0.1, 0.15) is 6.54 Å². The van der Waals surface area contributed by atoms with Crippen LogP contribution in [0.5, 0.6) is 0 Å². The van der Waals surface area contributed by atoms with Gasteiger partial charge in [0.25, 0.3) is 5.56 Å². The zero-order valence-corrected chi connectivity index (χ0v) is 13.8. The van der Waals surface area contributed by atoms with Gasteiger partial charge in [0, 0.05) is 23.2 Å². The van der Waals surface area contributed by atoms with E-state index in [0.717, 1.165) is 16.7 Å². The second-order valence-corrected chi connectivity index (χ2v) is 6.10. The third-order valence-electron chi connectivity index (χ3n) is 3.38. The summed E-state index contributed by atoms with van der Waals surface area (Å²) < 4.78 is 38.9. The van der Waals surface area contributed by atoms with E-state index in [0.29, 0.717) is 10.7 Å². The number of amides is 1. The largest absolute Gasteiger partial charge is 0.416 e. The van der Waals surface area contributed by atoms with Crippen LogP contribution in [0.1, 0.15) is 5.56 Å². The maximum atomic E-state index is 12.6. The summed E-state index contributed by atoms with van der Waals surface area (Å²) in [5.41, 5.74) is -0.688. The highest BCUT2D eigenvalue weighted by molar-refractivity contribution is 7.13. The van der Waals surface area contributed by atoms with E-state index in [1.807, 2.05) is 0 Å². The van der Waals surface area contributed by atoms with E-state index in [1.165, 1.54) is 42.1 Å². The molecule has 0 saturated carbocycles. The van der Waals surface area contributed by atoms with Gasteiger partial charge >= 0.3 is 6.18 Å². The number of halogens is 3. The summed E-state index contributed by atoms with van der Waals surface area (Å²) in [6.07, 6.45) is -1.72. The number of hydrogen-bond donors (Lipinski definition) is 1. The second-order valence-electron chi connectivity index (χ2n) is 5.20. The van der Waals surface area contributed by atoms with Crippen LogP contribution in [0.15, 0.2) is 53.0 Å². The van der Waals surface area contributed by atoms with Gasteiger partial charge in [0.2, 0.25) is 5.91 Å². The molecule has 0 bridgehead atoms. The number of aromatic nitrogens is 3. The molecular formula is C16H11F3N4O2S. The fourth-order valence-electron chi connectivity index (χ4n) is 2.13. The number of carbonyl (C=O) groups is 1. The lowest BCUT2D eigenvalue weighted by atomic mass is 10.1. The summed E-state index contributed by atoms with van der Waals surface area (Å²) in [4.78, 5) is 31.9. The van der Waals surface area contributed by atoms with Gasteiger partial charge in [-0.15, -0.1) is 11.3 Å². The number of alkyl halides is 3. The molecule has 0 atom stereocenters. The van der Waals surface area contributed by atoms with Crippen LogP contribution in [0, 0.1) is 0 Å². The first kappa shape index (κ1) is 17.8. The molecule has 1 amide bonds. The Hall–Kier alpha value is -3.01. The van der Waals surface area contributed by atoms with Crippen molar-refractivity contribution in [1.29, 1.82) is 0 Å². The van der Waals surface area contributed by atoms with Crippen molar-refractivity contribution in [1.82, 2.24) is 14.5 Å². The molecule has 0 spiro atoms. The van der Waals surface area contributed by atoms with Gasteiger partial charge in [-0.3, -0.25) is 14.2 Å². The van der Waals surface area contributed by atoms with E-state index < -0.39 is 23.2 Å². The first-order valence-electron chi connectivity index (χ1n) is 7.26. The van der Waals surface area contributed by atoms with E-state index >= 15 is 0 Å². The third-order valence-corrected chi connectivity index (χ3v) is 4.07. The minimum absolute atomic E-state index is 0.223. The van der Waals surface area contributed by atoms with E-state index in [2.05, 4.69) is 15.3 Å². The lowest BCUT2D eigenvalue weighted by Gasteiger charge is -2.08. The highest BCUT2D eigenvalue weighted by Gasteiger charge is 2.30. The lowest BCUT2D eigenvalue weighted by molar-refractivity contribution is -0.137. The monoisotopic (exact) mass is 380 g/mol. The van der Waals surface area contributed by atoms with Crippen LogP contribution < -0.4 is 10.9 Å². The molecule has 2 heterocycles. The quantitative estimate of drug-likeness (QED) is 0.755. The van der Waals surface area contributed by atoms with Crippen LogP contribution in [0.25, 0.3) is 11.3 Å². The second kappa shape index (κ2) is 7.08. The van der Waals surface area contributed by atoms with Crippen LogP contribution in [0.4, 0.5) is 18.3 Å². The summed E-state index contributed by atoms with van der Waals surface area (Å²) in [6, 6.07) is 5.49. The molecular weight excluding hydrogens is 369 g/mol. The minimum atomic E-state index is -4.43. The molecule has 26 heavy (non-hydrogen) atoms. The van der Waals surface area contributed by atoms with Crippen LogP contribution >= 0.6 is 11.3 Å². The molecule has 0 radical (unpaired) electrons. The van der Waals surface area contributed by atoms with Gasteiger partial charge in [-0.25, -0.2) is 9.97 Å². The normalized spacial score (nSPS) is 11.3. The minimum Gasteiger partial charge on any atom is -0.300 e. The van der Waals surface area contributed by atoms with Crippen molar-refractivity contribution in [2.45, 2.75) is 12.7 Å². The summed E-state index contributed by atoms with van der Waals surface area (Å²) >= 11 is 1.24. The van der Waals surface area contributed by atoms with Gasteiger partial charge in [0.05, 0.1) is 17.6 Å². The highest BCUT2D eigenvalue weighted by atomic mass is 32.1. The number of nitrogens with one attached hydrogen (secondary N) is 1. The Kier molecular flexibility index (Phi) is 4.85. The molecule has 0 aliphatic rings. The first-order chi connectivity index (χ1) is 12.3. The Balaban J connectivity index is 1.75. The molecule has 3 aromatic rings. The fraction of sp³-hybridized carbons (Fsp3) is 0.125. The summed E-state index contributed by atoms with van der Waals surface area (Å²) in [5.74, 6) is -0.439. The zero-order valence-electron chi connectivity index (χ0n) is 13.0. The molecule has 3 rings (SSSR count). The molecule has 0 unspecified atom stereocenters. The smallest absolute Gasteiger partial charge is 0.300 e. The van der Waals surface area contributed by atoms with E-state index in [9.17, 15) is 22.8 Å². The van der Waals surface area contributed by atoms with Crippen molar-refractivity contribution in [3.63, 3.8) is 0 Å². The first-order valence-corrected chi connectivity index (χ1v) is 8.14. The number of hydrogen-bond acceptors (Lipinski definition) is 5. The average molecular weight is 380 g/mol. The Morgan fingerprint density at radius 2 is 1.92 bits per heavy atom. The molecule has 0 fully saturated rings. The van der Waals surface area contributed by atoms with E-state index in [1.54, 1.807) is 5.38 Å². The Labute approximate surface area is 149 Å². The van der Waals surface area contributed by atoms with Crippen molar-refractivity contribution >= 4 is 22.4 Å². The van der Waals surface area contributed by atoms with Gasteiger partial charge in [0.15, 0.2) is 5.13 Å². The number of benzene rings is 1. The molecule has 0 aliphatic carbocycles. The number of rotatable bonds is 4. The van der Waals surface area contributed by atoms with Crippen molar-refractivity contribution in [3.05, 3.63) is 64.2 Å². The van der Waals surface area contributed by atoms with Crippen LogP contribution in [-0.4, -0.2) is 20.4 Å². The average Bonchev–Trinajstić information content (AvgIpc) is 3.09. The van der Waals surface area contributed by atoms with Gasteiger partial charge < -0.3 is 5.32 Å². The molecule has 10 heteroatoms. The number of nitrogens with zero attached hydrogens (tertiary/aromatic N) is 3. The summed E-state index contributed by atoms with van der Waals surface area (Å²) in [5, 5.41) is 4.65. The number of thiazole rings is 1. The van der Waals surface area contributed by atoms with Crippen LogP contribution in [-0.2, 0) is 17.5 Å². The van der Waals surface area contributed by atoms with Crippen LogP contribution in [0.3, 0.4) is 0 Å². The van der Waals surface area contributed by atoms with Gasteiger partial charge in [-0.05, 0) is 12.1 Å². The molecule has 6 nitrogen and oxygen atoms in total. The molecule has 0 aliphatic heterocycles. The van der Waals surface area contributed by atoms with E-state index in [-0.39, 0.29) is 12.2 Å². The van der Waals surface area contributed by atoms with Crippen molar-refractivity contribution in [2.75, 3.05) is 5.32 Å². The molecule has 1 N–H and O–H groups in total. The predicted molar refractivity (Wildman–Crippen MR) is 89.7 cm³/mol. The van der Waals surface area contributed by atoms with Crippen molar-refractivity contribution in [2.24, 2.45) is 0 Å². The van der Waals surface area contributed by atoms with E-state index in [4.69, 9.17) is 0 Å². The summed E-state index contributed by atoms with van der Waals surface area (Å²) in [6.45, 7) is -0.251. The van der Waals surface area contributed by atoms with Crippen molar-refractivity contribution < 1.29 is 18.0 Å². The third kappa shape index (κ3) is 4.14. The Morgan fingerprint density at radius 1 is 1.19 bits per heavy atom.